The first-order valence-electron chi connectivity index (χ1n) is 13.9. The van der Waals surface area contributed by atoms with Crippen LogP contribution < -0.4 is 9.64 Å². The molecule has 12 heteroatoms. The van der Waals surface area contributed by atoms with Crippen molar-refractivity contribution in [1.29, 1.82) is 5.26 Å². The molecule has 2 saturated heterocycles. The van der Waals surface area contributed by atoms with Gasteiger partial charge in [0.1, 0.15) is 18.2 Å². The van der Waals surface area contributed by atoms with Crippen LogP contribution in [0.2, 0.25) is 0 Å². The van der Waals surface area contributed by atoms with Crippen molar-refractivity contribution < 1.29 is 23.8 Å². The normalized spacial score (nSPS) is 17.4. The van der Waals surface area contributed by atoms with Gasteiger partial charge in [-0.25, -0.2) is 19.2 Å². The lowest BCUT2D eigenvalue weighted by molar-refractivity contribution is -0.0591. The number of nitriles is 1. The summed E-state index contributed by atoms with van der Waals surface area (Å²) in [5.41, 5.74) is 2.42. The lowest BCUT2D eigenvalue weighted by Crippen LogP contribution is -2.34. The lowest BCUT2D eigenvalue weighted by Gasteiger charge is -2.28. The van der Waals surface area contributed by atoms with Gasteiger partial charge in [0.05, 0.1) is 47.4 Å². The zero-order valence-corrected chi connectivity index (χ0v) is 22.9. The van der Waals surface area contributed by atoms with Crippen molar-refractivity contribution in [2.45, 2.75) is 38.6 Å². The van der Waals surface area contributed by atoms with Crippen molar-refractivity contribution in [2.75, 3.05) is 37.7 Å². The number of aromatic carboxylic acids is 1. The van der Waals surface area contributed by atoms with Crippen LogP contribution in [0.1, 0.15) is 40.2 Å². The largest absolute Gasteiger partial charge is 0.478 e. The molecule has 0 amide bonds. The van der Waals surface area contributed by atoms with Crippen LogP contribution in [0.5, 0.6) is 5.88 Å². The first kappa shape index (κ1) is 27.6. The van der Waals surface area contributed by atoms with Gasteiger partial charge in [-0.15, -0.1) is 0 Å². The second-order valence-corrected chi connectivity index (χ2v) is 10.4. The van der Waals surface area contributed by atoms with Crippen LogP contribution in [-0.2, 0) is 24.4 Å². The van der Waals surface area contributed by atoms with E-state index in [1.54, 1.807) is 36.5 Å². The number of halogens is 1. The summed E-state index contributed by atoms with van der Waals surface area (Å²) >= 11 is 0. The molecule has 0 aliphatic carbocycles. The molecule has 1 atom stereocenters. The van der Waals surface area contributed by atoms with Gasteiger partial charge >= 0.3 is 5.97 Å². The van der Waals surface area contributed by atoms with Crippen molar-refractivity contribution in [3.05, 3.63) is 77.0 Å². The first-order valence-corrected chi connectivity index (χ1v) is 13.9. The quantitative estimate of drug-likeness (QED) is 0.318. The van der Waals surface area contributed by atoms with Crippen molar-refractivity contribution in [3.63, 3.8) is 0 Å². The minimum absolute atomic E-state index is 0.0113. The summed E-state index contributed by atoms with van der Waals surface area (Å²) in [5, 5.41) is 18.4. The standard InChI is InChI=1S/C30H30FN7O4/c31-24-14-20(16-32)2-3-22(24)19-42-28-6-8-33-30(35-28)37-10-1-9-36(11-12-37)18-27-34-25-5-4-21(29(39)40)15-26(25)38(27)17-23-7-13-41-23/h2-6,8,14-15,23H,1,7,9-13,17-19H2,(H,39,40)/t23-/m0/s1. The van der Waals surface area contributed by atoms with Crippen LogP contribution in [0.25, 0.3) is 11.0 Å². The number of fused-ring (bicyclic) bond motifs is 1. The summed E-state index contributed by atoms with van der Waals surface area (Å²) in [6.07, 6.45) is 3.60. The highest BCUT2D eigenvalue weighted by Crippen LogP contribution is 2.24. The van der Waals surface area contributed by atoms with E-state index in [1.165, 1.54) is 12.1 Å². The number of carbonyl (C=O) groups is 1. The molecule has 4 heterocycles. The van der Waals surface area contributed by atoms with E-state index in [4.69, 9.17) is 19.7 Å². The van der Waals surface area contributed by atoms with E-state index in [2.05, 4.69) is 24.3 Å². The molecule has 2 aromatic carbocycles. The van der Waals surface area contributed by atoms with E-state index in [0.29, 0.717) is 37.0 Å². The average Bonchev–Trinajstić information content (AvgIpc) is 3.13. The van der Waals surface area contributed by atoms with Crippen molar-refractivity contribution in [3.8, 4) is 11.9 Å². The molecular weight excluding hydrogens is 541 g/mol. The number of rotatable bonds is 9. The summed E-state index contributed by atoms with van der Waals surface area (Å²) in [7, 11) is 0. The molecule has 2 aromatic heterocycles. The van der Waals surface area contributed by atoms with Gasteiger partial charge in [0, 0.05) is 50.6 Å². The van der Waals surface area contributed by atoms with Gasteiger partial charge in [0.25, 0.3) is 0 Å². The third kappa shape index (κ3) is 6.02. The van der Waals surface area contributed by atoms with Gasteiger partial charge in [-0.05, 0) is 43.2 Å². The van der Waals surface area contributed by atoms with Crippen LogP contribution in [0.4, 0.5) is 10.3 Å². The van der Waals surface area contributed by atoms with E-state index in [9.17, 15) is 14.3 Å². The number of hydrogen-bond acceptors (Lipinski definition) is 9. The summed E-state index contributed by atoms with van der Waals surface area (Å²) in [5.74, 6) is 0.324. The second-order valence-electron chi connectivity index (χ2n) is 10.4. The van der Waals surface area contributed by atoms with Gasteiger partial charge in [0.15, 0.2) is 0 Å². The van der Waals surface area contributed by atoms with Gasteiger partial charge in [-0.2, -0.15) is 10.2 Å². The highest BCUT2D eigenvalue weighted by atomic mass is 19.1. The molecule has 0 radical (unpaired) electrons. The van der Waals surface area contributed by atoms with E-state index < -0.39 is 11.8 Å². The fourth-order valence-corrected chi connectivity index (χ4v) is 5.24. The maximum absolute atomic E-state index is 14.3. The Kier molecular flexibility index (Phi) is 7.94. The Morgan fingerprint density at radius 2 is 2.02 bits per heavy atom. The van der Waals surface area contributed by atoms with Crippen molar-refractivity contribution >= 4 is 23.0 Å². The van der Waals surface area contributed by atoms with E-state index in [-0.39, 0.29) is 23.8 Å². The number of carboxylic acids is 1. The zero-order chi connectivity index (χ0) is 29.1. The fourth-order valence-electron chi connectivity index (χ4n) is 5.24. The Morgan fingerprint density at radius 1 is 1.14 bits per heavy atom. The van der Waals surface area contributed by atoms with E-state index in [1.807, 2.05) is 6.07 Å². The van der Waals surface area contributed by atoms with E-state index >= 15 is 0 Å². The monoisotopic (exact) mass is 571 g/mol. The SMILES string of the molecule is N#Cc1ccc(COc2ccnc(N3CCCN(Cc4nc5ccc(C(=O)O)cc5n4C[C@@H]4CCO4)CC3)n2)c(F)c1. The fraction of sp³-hybridized carbons (Fsp3) is 0.367. The predicted octanol–water partition coefficient (Wildman–Crippen LogP) is 3.62. The predicted molar refractivity (Wildman–Crippen MR) is 151 cm³/mol. The molecular formula is C30H30FN7O4. The van der Waals surface area contributed by atoms with Gasteiger partial charge in [-0.1, -0.05) is 6.07 Å². The van der Waals surface area contributed by atoms with E-state index in [0.717, 1.165) is 55.9 Å². The number of aromatic nitrogens is 4. The minimum atomic E-state index is -0.961. The Balaban J connectivity index is 1.12. The maximum atomic E-state index is 14.3. The number of imidazole rings is 1. The Morgan fingerprint density at radius 3 is 2.79 bits per heavy atom. The third-order valence-electron chi connectivity index (χ3n) is 7.67. The zero-order valence-electron chi connectivity index (χ0n) is 22.9. The molecule has 0 spiro atoms. The molecule has 4 aromatic rings. The molecule has 0 bridgehead atoms. The van der Waals surface area contributed by atoms with Crippen LogP contribution in [0, 0.1) is 17.1 Å². The maximum Gasteiger partial charge on any atom is 0.335 e. The summed E-state index contributed by atoms with van der Waals surface area (Å²) in [6.45, 7) is 5.07. The van der Waals surface area contributed by atoms with Crippen LogP contribution in [-0.4, -0.2) is 74.4 Å². The van der Waals surface area contributed by atoms with Crippen LogP contribution in [0.15, 0.2) is 48.7 Å². The number of benzene rings is 2. The van der Waals surface area contributed by atoms with Gasteiger partial charge in [0.2, 0.25) is 11.8 Å². The topological polar surface area (TPSA) is 130 Å². The summed E-state index contributed by atoms with van der Waals surface area (Å²) in [4.78, 5) is 29.9. The van der Waals surface area contributed by atoms with Gasteiger partial charge < -0.3 is 24.0 Å². The minimum Gasteiger partial charge on any atom is -0.478 e. The molecule has 6 rings (SSSR count). The molecule has 2 aliphatic rings. The summed E-state index contributed by atoms with van der Waals surface area (Å²) in [6, 6.07) is 12.9. The third-order valence-corrected chi connectivity index (χ3v) is 7.67. The average molecular weight is 572 g/mol. The Hall–Kier alpha value is -4.60. The number of nitrogens with zero attached hydrogens (tertiary/aromatic N) is 7. The number of anilines is 1. The van der Waals surface area contributed by atoms with Crippen molar-refractivity contribution in [1.82, 2.24) is 24.4 Å². The second kappa shape index (κ2) is 12.1. The molecule has 2 aliphatic heterocycles. The smallest absolute Gasteiger partial charge is 0.335 e. The van der Waals surface area contributed by atoms with Gasteiger partial charge in [-0.3, -0.25) is 4.90 Å². The molecule has 0 unspecified atom stereocenters. The first-order chi connectivity index (χ1) is 20.5. The number of ether oxygens (including phenoxy) is 2. The Bertz CT molecular complexity index is 1650. The highest BCUT2D eigenvalue weighted by molar-refractivity contribution is 5.92. The molecule has 0 saturated carbocycles. The van der Waals surface area contributed by atoms with Crippen LogP contribution >= 0.6 is 0 Å². The highest BCUT2D eigenvalue weighted by Gasteiger charge is 2.24. The Labute approximate surface area is 241 Å². The molecule has 42 heavy (non-hydrogen) atoms. The molecule has 2 fully saturated rings. The van der Waals surface area contributed by atoms with Crippen molar-refractivity contribution in [2.24, 2.45) is 0 Å². The molecule has 11 nitrogen and oxygen atoms in total. The molecule has 216 valence electrons. The lowest BCUT2D eigenvalue weighted by atomic mass is 10.1. The molecule has 1 N–H and O–H groups in total. The number of carboxylic acid groups (broad SMARTS) is 1. The summed E-state index contributed by atoms with van der Waals surface area (Å²) < 4.78 is 27.8. The number of hydrogen-bond donors (Lipinski definition) is 1. The van der Waals surface area contributed by atoms with Crippen LogP contribution in [0.3, 0.4) is 0 Å².